The first-order valence-corrected chi connectivity index (χ1v) is 16.6. The van der Waals surface area contributed by atoms with Crippen molar-refractivity contribution in [2.45, 2.75) is 19.6 Å². The number of carbonyl (C=O) groups is 1. The molecule has 0 unspecified atom stereocenters. The third-order valence-electron chi connectivity index (χ3n) is 7.69. The number of hydrogen-bond acceptors (Lipinski definition) is 8. The molecule has 244 valence electrons. The zero-order chi connectivity index (χ0) is 33.8. The van der Waals surface area contributed by atoms with E-state index in [9.17, 15) is 9.59 Å². The Kier molecular flexibility index (Phi) is 10.0. The molecule has 1 atom stereocenters. The third-order valence-corrected chi connectivity index (χ3v) is 9.26. The second kappa shape index (κ2) is 14.5. The van der Waals surface area contributed by atoms with Gasteiger partial charge in [0.1, 0.15) is 12.4 Å². The Bertz CT molecular complexity index is 2190. The van der Waals surface area contributed by atoms with Crippen molar-refractivity contribution < 1.29 is 23.7 Å². The molecule has 5 aromatic rings. The van der Waals surface area contributed by atoms with E-state index in [1.165, 1.54) is 11.3 Å². The Morgan fingerprint density at radius 1 is 0.938 bits per heavy atom. The molecular formula is C37H30Cl2N2O6S. The zero-order valence-corrected chi connectivity index (χ0v) is 28.6. The van der Waals surface area contributed by atoms with Crippen molar-refractivity contribution in [3.63, 3.8) is 0 Å². The fourth-order valence-corrected chi connectivity index (χ4v) is 6.84. The number of rotatable bonds is 10. The van der Waals surface area contributed by atoms with Crippen LogP contribution in [0.4, 0.5) is 0 Å². The highest BCUT2D eigenvalue weighted by atomic mass is 35.5. The zero-order valence-electron chi connectivity index (χ0n) is 26.2. The van der Waals surface area contributed by atoms with E-state index in [1.807, 2.05) is 48.5 Å². The Hall–Kier alpha value is -4.83. The average molecular weight is 702 g/mol. The van der Waals surface area contributed by atoms with E-state index in [0.29, 0.717) is 53.5 Å². The summed E-state index contributed by atoms with van der Waals surface area (Å²) in [5.74, 6) is 1.09. The molecule has 2 heterocycles. The third kappa shape index (κ3) is 6.75. The van der Waals surface area contributed by atoms with Crippen LogP contribution in [0.15, 0.2) is 106 Å². The number of fused-ring (bicyclic) bond motifs is 1. The first-order valence-electron chi connectivity index (χ1n) is 15.0. The van der Waals surface area contributed by atoms with Gasteiger partial charge in [-0.1, -0.05) is 89.1 Å². The second-order valence-corrected chi connectivity index (χ2v) is 12.5. The lowest BCUT2D eigenvalue weighted by molar-refractivity contribution is -0.138. The topological polar surface area (TPSA) is 88.4 Å². The number of ether oxygens (including phenoxy) is 4. The molecule has 11 heteroatoms. The number of methoxy groups -OCH3 is 2. The van der Waals surface area contributed by atoms with E-state index in [-0.39, 0.29) is 24.3 Å². The van der Waals surface area contributed by atoms with Gasteiger partial charge in [-0.2, -0.15) is 0 Å². The summed E-state index contributed by atoms with van der Waals surface area (Å²) in [7, 11) is 3.13. The van der Waals surface area contributed by atoms with Crippen molar-refractivity contribution in [2.75, 3.05) is 20.8 Å². The Labute approximate surface area is 290 Å². The monoisotopic (exact) mass is 700 g/mol. The summed E-state index contributed by atoms with van der Waals surface area (Å²) < 4.78 is 24.5. The van der Waals surface area contributed by atoms with Gasteiger partial charge in [0.15, 0.2) is 16.3 Å². The van der Waals surface area contributed by atoms with Crippen LogP contribution in [0.5, 0.6) is 17.2 Å². The van der Waals surface area contributed by atoms with Gasteiger partial charge in [0.05, 0.1) is 42.7 Å². The quantitative estimate of drug-likeness (QED) is 0.148. The normalized spacial score (nSPS) is 14.3. The number of esters is 1. The maximum atomic E-state index is 14.2. The van der Waals surface area contributed by atoms with Crippen molar-refractivity contribution in [3.05, 3.63) is 149 Å². The predicted molar refractivity (Wildman–Crippen MR) is 188 cm³/mol. The summed E-state index contributed by atoms with van der Waals surface area (Å²) in [4.78, 5) is 33.2. The van der Waals surface area contributed by atoms with Crippen LogP contribution in [-0.2, 0) is 16.1 Å². The van der Waals surface area contributed by atoms with Gasteiger partial charge in [0.2, 0.25) is 0 Å². The Morgan fingerprint density at radius 3 is 2.40 bits per heavy atom. The number of halogens is 2. The molecule has 8 nitrogen and oxygen atoms in total. The molecule has 0 radical (unpaired) electrons. The molecule has 0 N–H and O–H groups in total. The lowest BCUT2D eigenvalue weighted by atomic mass is 9.93. The van der Waals surface area contributed by atoms with E-state index in [1.54, 1.807) is 74.3 Å². The van der Waals surface area contributed by atoms with E-state index in [2.05, 4.69) is 0 Å². The van der Waals surface area contributed by atoms with Crippen LogP contribution in [-0.4, -0.2) is 31.4 Å². The fourth-order valence-electron chi connectivity index (χ4n) is 5.38. The number of carbonyl (C=O) groups excluding carboxylic acids is 1. The van der Waals surface area contributed by atoms with Gasteiger partial charge in [-0.15, -0.1) is 0 Å². The lowest BCUT2D eigenvalue weighted by Gasteiger charge is -2.26. The molecule has 48 heavy (non-hydrogen) atoms. The molecule has 1 aliphatic rings. The van der Waals surface area contributed by atoms with Gasteiger partial charge < -0.3 is 18.9 Å². The summed E-state index contributed by atoms with van der Waals surface area (Å²) in [5.41, 5.74) is 3.35. The van der Waals surface area contributed by atoms with Gasteiger partial charge in [-0.25, -0.2) is 9.79 Å². The van der Waals surface area contributed by atoms with E-state index < -0.39 is 12.0 Å². The van der Waals surface area contributed by atoms with Gasteiger partial charge in [0.25, 0.3) is 5.56 Å². The first-order chi connectivity index (χ1) is 23.3. The van der Waals surface area contributed by atoms with Crippen molar-refractivity contribution in [3.8, 4) is 17.2 Å². The highest BCUT2D eigenvalue weighted by Gasteiger charge is 2.35. The average Bonchev–Trinajstić information content (AvgIpc) is 3.41. The van der Waals surface area contributed by atoms with Crippen LogP contribution >= 0.6 is 34.5 Å². The van der Waals surface area contributed by atoms with E-state index in [4.69, 9.17) is 47.1 Å². The summed E-state index contributed by atoms with van der Waals surface area (Å²) in [6, 6.07) is 26.5. The van der Waals surface area contributed by atoms with Crippen molar-refractivity contribution in [1.29, 1.82) is 0 Å². The van der Waals surface area contributed by atoms with Crippen molar-refractivity contribution in [2.24, 2.45) is 4.99 Å². The molecule has 0 bridgehead atoms. The lowest BCUT2D eigenvalue weighted by Crippen LogP contribution is -2.40. The van der Waals surface area contributed by atoms with Gasteiger partial charge in [0, 0.05) is 21.2 Å². The fraction of sp³-hybridized carbons (Fsp3) is 0.162. The number of aromatic nitrogens is 1. The van der Waals surface area contributed by atoms with Crippen LogP contribution in [0.1, 0.15) is 35.2 Å². The van der Waals surface area contributed by atoms with Crippen LogP contribution in [0.2, 0.25) is 10.0 Å². The minimum absolute atomic E-state index is 0.165. The first kappa shape index (κ1) is 33.1. The molecule has 1 aromatic heterocycles. The Morgan fingerprint density at radius 2 is 1.71 bits per heavy atom. The summed E-state index contributed by atoms with van der Waals surface area (Å²) in [6.07, 6.45) is 1.77. The number of benzene rings is 4. The van der Waals surface area contributed by atoms with Gasteiger partial charge in [-0.3, -0.25) is 9.36 Å². The maximum Gasteiger partial charge on any atom is 0.338 e. The number of thiazole rings is 1. The van der Waals surface area contributed by atoms with Gasteiger partial charge in [-0.05, 0) is 60.5 Å². The predicted octanol–water partition coefficient (Wildman–Crippen LogP) is 6.84. The number of hydrogen-bond donors (Lipinski definition) is 0. The summed E-state index contributed by atoms with van der Waals surface area (Å²) in [5, 5.41) is 1.04. The molecule has 0 aliphatic carbocycles. The minimum Gasteiger partial charge on any atom is -0.497 e. The van der Waals surface area contributed by atoms with Crippen molar-refractivity contribution >= 4 is 52.3 Å². The van der Waals surface area contributed by atoms with E-state index >= 15 is 0 Å². The maximum absolute atomic E-state index is 14.2. The van der Waals surface area contributed by atoms with Crippen molar-refractivity contribution in [1.82, 2.24) is 4.57 Å². The molecule has 4 aromatic carbocycles. The summed E-state index contributed by atoms with van der Waals surface area (Å²) >= 11 is 13.6. The molecule has 0 saturated carbocycles. The largest absolute Gasteiger partial charge is 0.497 e. The van der Waals surface area contributed by atoms with Crippen LogP contribution < -0.4 is 29.1 Å². The second-order valence-electron chi connectivity index (χ2n) is 10.6. The molecule has 0 fully saturated rings. The smallest absolute Gasteiger partial charge is 0.338 e. The standard InChI is InChI=1S/C37H30Cl2N2O6S/c1-4-46-36(43)32-33(23-8-6-5-7-9-23)40-37-41(34(32)24-12-15-27(44-2)16-13-24)35(42)31(48-37)19-22-10-17-29(30(18-22)45-3)47-21-25-11-14-26(38)20-28(25)39/h5-20,34H,4,21H2,1-3H3/b31-19-/t34-/m0/s1. The van der Waals surface area contributed by atoms with Crippen LogP contribution in [0, 0.1) is 0 Å². The molecular weight excluding hydrogens is 671 g/mol. The highest BCUT2D eigenvalue weighted by Crippen LogP contribution is 2.36. The SMILES string of the molecule is CCOC(=O)C1=C(c2ccccc2)N=c2s/c(=C\c3ccc(OCc4ccc(Cl)cc4Cl)c(OC)c3)c(=O)n2[C@H]1c1ccc(OC)cc1. The van der Waals surface area contributed by atoms with E-state index in [0.717, 1.165) is 11.1 Å². The molecule has 1 aliphatic heterocycles. The Balaban J connectivity index is 1.46. The minimum atomic E-state index is -0.798. The molecule has 0 spiro atoms. The van der Waals surface area contributed by atoms with Gasteiger partial charge >= 0.3 is 5.97 Å². The molecule has 6 rings (SSSR count). The molecule has 0 amide bonds. The highest BCUT2D eigenvalue weighted by molar-refractivity contribution is 7.07. The molecule has 0 saturated heterocycles. The van der Waals surface area contributed by atoms with Crippen LogP contribution in [0.3, 0.4) is 0 Å². The summed E-state index contributed by atoms with van der Waals surface area (Å²) in [6.45, 7) is 2.12. The van der Waals surface area contributed by atoms with Crippen LogP contribution in [0.25, 0.3) is 11.8 Å². The number of nitrogens with zero attached hydrogens (tertiary/aromatic N) is 2.